The summed E-state index contributed by atoms with van der Waals surface area (Å²) in [6.45, 7) is 0. The molecule has 352 valence electrons. The number of aromatic nitrogens is 13. The van der Waals surface area contributed by atoms with Gasteiger partial charge in [0, 0.05) is 124 Å². The van der Waals surface area contributed by atoms with Crippen LogP contribution < -0.4 is 0 Å². The van der Waals surface area contributed by atoms with E-state index in [9.17, 15) is 0 Å². The average molecular weight is 1110 g/mol. The molecule has 0 amide bonds. The summed E-state index contributed by atoms with van der Waals surface area (Å²) in [5.74, 6) is 0. The van der Waals surface area contributed by atoms with Crippen LogP contribution in [0.3, 0.4) is 0 Å². The molecule has 0 atom stereocenters. The van der Waals surface area contributed by atoms with Crippen LogP contribution in [0.1, 0.15) is 32.3 Å². The van der Waals surface area contributed by atoms with E-state index in [1.54, 1.807) is 111 Å². The molecular weight excluding hydrogens is 1060 g/mol. The van der Waals surface area contributed by atoms with Gasteiger partial charge < -0.3 is 0 Å². The molecule has 0 aliphatic rings. The fourth-order valence-corrected chi connectivity index (χ4v) is 5.80. The summed E-state index contributed by atoms with van der Waals surface area (Å²) in [6.07, 6.45) is 32.0. The molecule has 10 aromatic rings. The Morgan fingerprint density at radius 3 is 0.735 bits per heavy atom. The van der Waals surface area contributed by atoms with Crippen LogP contribution in [0.25, 0.3) is 0 Å². The number of benzene rings is 3. The predicted octanol–water partition coefficient (Wildman–Crippen LogP) is 9.54. The Morgan fingerprint density at radius 2 is 0.515 bits per heavy atom. The second kappa shape index (κ2) is 45.8. The standard InChI is InChI=1S/C24H21NS.6C4H4N2.5FH.Hf/c1-4-10-19(11-5-1)16-22-23(17-20-12-6-2-7-13-20)26-24(25-22)18-21-14-8-3-9-15-21;6*1-2-5-4-6-3-1;;;;;;/h1-15H,16-18H2;6*1-4H;5*1H;. The van der Waals surface area contributed by atoms with Crippen molar-refractivity contribution in [2.45, 2.75) is 19.3 Å². The molecule has 0 spiro atoms. The van der Waals surface area contributed by atoms with Crippen LogP contribution >= 0.6 is 11.3 Å². The maximum Gasteiger partial charge on any atom is 0.115 e. The summed E-state index contributed by atoms with van der Waals surface area (Å²) in [7, 11) is 0. The van der Waals surface area contributed by atoms with E-state index in [2.05, 4.69) is 151 Å². The Balaban J connectivity index is -0.000000826. The minimum atomic E-state index is 0. The van der Waals surface area contributed by atoms with Crippen molar-refractivity contribution in [1.29, 1.82) is 0 Å². The van der Waals surface area contributed by atoms with Crippen molar-refractivity contribution in [3.05, 3.63) is 272 Å². The molecule has 7 heterocycles. The van der Waals surface area contributed by atoms with Gasteiger partial charge in [0.2, 0.25) is 0 Å². The van der Waals surface area contributed by atoms with Crippen LogP contribution in [-0.4, -0.2) is 64.8 Å². The Kier molecular flexibility index (Phi) is 43.5. The van der Waals surface area contributed by atoms with E-state index in [0.29, 0.717) is 0 Å². The van der Waals surface area contributed by atoms with Crippen molar-refractivity contribution in [2.24, 2.45) is 0 Å². The third-order valence-electron chi connectivity index (χ3n) is 7.31. The first-order valence-electron chi connectivity index (χ1n) is 19.2. The van der Waals surface area contributed by atoms with Gasteiger partial charge in [-0.2, -0.15) is 0 Å². The number of hydrogen-bond acceptors (Lipinski definition) is 14. The number of rotatable bonds is 6. The SMILES string of the molecule is F.F.F.F.F.[Hf].c1ccc(Cc2nc(Cc3ccccc3)c(Cc3ccccc3)s2)cc1.c1cncnc1.c1cncnc1.c1cncnc1.c1cncnc1.c1cncnc1.c1cncnc1. The minimum absolute atomic E-state index is 0. The van der Waals surface area contributed by atoms with Crippen molar-refractivity contribution in [3.8, 4) is 0 Å². The van der Waals surface area contributed by atoms with Gasteiger partial charge in [-0.3, -0.25) is 23.5 Å². The molecule has 0 saturated carbocycles. The van der Waals surface area contributed by atoms with E-state index in [0.717, 1.165) is 19.3 Å². The van der Waals surface area contributed by atoms with Gasteiger partial charge >= 0.3 is 0 Å². The van der Waals surface area contributed by atoms with Gasteiger partial charge in [-0.25, -0.2) is 64.8 Å². The molecule has 20 heteroatoms. The topological polar surface area (TPSA) is 168 Å². The first-order valence-corrected chi connectivity index (χ1v) is 20.0. The van der Waals surface area contributed by atoms with E-state index >= 15 is 0 Å². The Bertz CT molecular complexity index is 1980. The largest absolute Gasteiger partial charge is 0.269 e. The van der Waals surface area contributed by atoms with Crippen molar-refractivity contribution in [2.75, 3.05) is 0 Å². The van der Waals surface area contributed by atoms with Crippen molar-refractivity contribution >= 4 is 11.3 Å². The van der Waals surface area contributed by atoms with Crippen LogP contribution in [-0.2, 0) is 45.1 Å². The van der Waals surface area contributed by atoms with Gasteiger partial charge in [0.1, 0.15) is 38.0 Å². The number of hydrogen-bond donors (Lipinski definition) is 0. The quantitative estimate of drug-likeness (QED) is 0.114. The summed E-state index contributed by atoms with van der Waals surface area (Å²) >= 11 is 1.86. The van der Waals surface area contributed by atoms with E-state index in [4.69, 9.17) is 4.98 Å². The van der Waals surface area contributed by atoms with Crippen molar-refractivity contribution in [1.82, 2.24) is 64.8 Å². The first-order chi connectivity index (χ1) is 30.9. The van der Waals surface area contributed by atoms with Gasteiger partial charge in [0.25, 0.3) is 0 Å². The van der Waals surface area contributed by atoms with Crippen LogP contribution in [0.15, 0.2) is 240 Å². The van der Waals surface area contributed by atoms with E-state index in [1.807, 2.05) is 11.3 Å². The molecular formula is C48H50F5HfN13S. The second-order valence-electron chi connectivity index (χ2n) is 11.9. The van der Waals surface area contributed by atoms with E-state index in [-0.39, 0.29) is 49.4 Å². The second-order valence-corrected chi connectivity index (χ2v) is 13.1. The van der Waals surface area contributed by atoms with Crippen LogP contribution in [0, 0.1) is 0 Å². The Morgan fingerprint density at radius 1 is 0.279 bits per heavy atom. The summed E-state index contributed by atoms with van der Waals surface area (Å²) < 4.78 is 0. The monoisotopic (exact) mass is 1120 g/mol. The van der Waals surface area contributed by atoms with E-state index in [1.165, 1.54) is 70.2 Å². The maximum atomic E-state index is 5.02. The normalized spacial score (nSPS) is 8.35. The Hall–Kier alpha value is -7.71. The number of nitrogens with zero attached hydrogens (tertiary/aromatic N) is 13. The summed E-state index contributed by atoms with van der Waals surface area (Å²) in [5, 5.41) is 1.20. The third-order valence-corrected chi connectivity index (χ3v) is 8.41. The minimum Gasteiger partial charge on any atom is -0.269 e. The molecule has 0 unspecified atom stereocenters. The molecule has 10 rings (SSSR count). The number of thiazole rings is 1. The fraction of sp³-hybridized carbons (Fsp3) is 0.0625. The zero-order chi connectivity index (χ0) is 43.1. The predicted molar refractivity (Wildman–Crippen MR) is 255 cm³/mol. The van der Waals surface area contributed by atoms with Gasteiger partial charge in [0.05, 0.1) is 10.7 Å². The smallest absolute Gasteiger partial charge is 0.115 e. The summed E-state index contributed by atoms with van der Waals surface area (Å²) in [5.41, 5.74) is 5.20. The molecule has 0 saturated heterocycles. The summed E-state index contributed by atoms with van der Waals surface area (Å²) in [6, 6.07) is 42.6. The van der Waals surface area contributed by atoms with Crippen LogP contribution in [0.2, 0.25) is 0 Å². The molecule has 13 nitrogen and oxygen atoms in total. The van der Waals surface area contributed by atoms with Crippen LogP contribution in [0.4, 0.5) is 23.5 Å². The summed E-state index contributed by atoms with van der Waals surface area (Å²) in [4.78, 5) is 50.5. The average Bonchev–Trinajstić information content (AvgIpc) is 3.75. The first kappa shape index (κ1) is 64.6. The molecule has 68 heavy (non-hydrogen) atoms. The Labute approximate surface area is 414 Å². The van der Waals surface area contributed by atoms with Crippen LogP contribution in [0.5, 0.6) is 0 Å². The number of halogens is 5. The molecule has 0 N–H and O–H groups in total. The van der Waals surface area contributed by atoms with Gasteiger partial charge in [-0.05, 0) is 53.1 Å². The molecule has 0 bridgehead atoms. The molecule has 3 aromatic carbocycles. The zero-order valence-electron chi connectivity index (χ0n) is 36.4. The van der Waals surface area contributed by atoms with Gasteiger partial charge in [0.15, 0.2) is 0 Å². The maximum absolute atomic E-state index is 5.02. The van der Waals surface area contributed by atoms with Crippen molar-refractivity contribution < 1.29 is 49.4 Å². The third kappa shape index (κ3) is 32.9. The van der Waals surface area contributed by atoms with Gasteiger partial charge in [-0.15, -0.1) is 11.3 Å². The van der Waals surface area contributed by atoms with Crippen molar-refractivity contribution in [3.63, 3.8) is 0 Å². The van der Waals surface area contributed by atoms with E-state index < -0.39 is 0 Å². The fourth-order valence-electron chi connectivity index (χ4n) is 4.65. The molecule has 7 aromatic heterocycles. The molecule has 0 fully saturated rings. The van der Waals surface area contributed by atoms with Gasteiger partial charge in [-0.1, -0.05) is 91.0 Å². The molecule has 0 aliphatic carbocycles. The molecule has 0 aliphatic heterocycles. The zero-order valence-corrected chi connectivity index (χ0v) is 40.8. The molecule has 0 radical (unpaired) electrons.